The summed E-state index contributed by atoms with van der Waals surface area (Å²) in [5.74, 6) is -0.339. The van der Waals surface area contributed by atoms with Gasteiger partial charge >= 0.3 is 6.01 Å². The number of anilines is 1. The predicted octanol–water partition coefficient (Wildman–Crippen LogP) is 4.12. The molecule has 2 aliphatic heterocycles. The minimum atomic E-state index is -0.528. The number of aromatic nitrogens is 5. The second kappa shape index (κ2) is 10.9. The van der Waals surface area contributed by atoms with E-state index in [2.05, 4.69) is 20.1 Å². The minimum absolute atomic E-state index is 0.0284. The van der Waals surface area contributed by atoms with Gasteiger partial charge in [-0.2, -0.15) is 4.98 Å². The Morgan fingerprint density at radius 1 is 1.07 bits per heavy atom. The van der Waals surface area contributed by atoms with Crippen molar-refractivity contribution in [3.8, 4) is 0 Å². The van der Waals surface area contributed by atoms with Crippen LogP contribution in [0.25, 0.3) is 11.0 Å². The fourth-order valence-corrected chi connectivity index (χ4v) is 5.39. The molecule has 1 aromatic carbocycles. The largest absolute Gasteiger partial charge is 0.378 e. The molecule has 2 aliphatic rings. The van der Waals surface area contributed by atoms with Gasteiger partial charge in [-0.15, -0.1) is 0 Å². The van der Waals surface area contributed by atoms with Crippen LogP contribution >= 0.6 is 0 Å². The van der Waals surface area contributed by atoms with Gasteiger partial charge in [-0.3, -0.25) is 4.79 Å². The van der Waals surface area contributed by atoms with Crippen LogP contribution in [-0.4, -0.2) is 74.9 Å². The first kappa shape index (κ1) is 26.3. The molecule has 6 rings (SSSR count). The predicted molar refractivity (Wildman–Crippen MR) is 142 cm³/mol. The van der Waals surface area contributed by atoms with Gasteiger partial charge in [-0.1, -0.05) is 25.1 Å². The zero-order valence-corrected chi connectivity index (χ0v) is 22.5. The lowest BCUT2D eigenvalue weighted by Gasteiger charge is -2.31. The molecule has 0 spiro atoms. The van der Waals surface area contributed by atoms with Crippen LogP contribution in [0.4, 0.5) is 14.8 Å². The maximum absolute atomic E-state index is 15.3. The highest BCUT2D eigenvalue weighted by Crippen LogP contribution is 2.32. The quantitative estimate of drug-likeness (QED) is 0.353. The number of hydrogen-bond donors (Lipinski definition) is 0. The van der Waals surface area contributed by atoms with E-state index in [9.17, 15) is 4.79 Å². The van der Waals surface area contributed by atoms with E-state index in [0.29, 0.717) is 68.1 Å². The highest BCUT2D eigenvalue weighted by molar-refractivity contribution is 5.94. The molecule has 2 fully saturated rings. The van der Waals surface area contributed by atoms with Crippen molar-refractivity contribution in [1.82, 2.24) is 29.6 Å². The van der Waals surface area contributed by atoms with Gasteiger partial charge in [0.2, 0.25) is 0 Å². The highest BCUT2D eigenvalue weighted by atomic mass is 19.1. The molecule has 0 unspecified atom stereocenters. The van der Waals surface area contributed by atoms with Crippen molar-refractivity contribution in [3.05, 3.63) is 65.0 Å². The van der Waals surface area contributed by atoms with Gasteiger partial charge in [-0.05, 0) is 30.5 Å². The molecule has 0 aliphatic carbocycles. The van der Waals surface area contributed by atoms with Crippen molar-refractivity contribution < 1.29 is 22.8 Å². The van der Waals surface area contributed by atoms with Crippen molar-refractivity contribution in [2.75, 3.05) is 44.3 Å². The van der Waals surface area contributed by atoms with Gasteiger partial charge < -0.3 is 23.6 Å². The third-order valence-corrected chi connectivity index (χ3v) is 7.67. The molecule has 4 aromatic rings. The molecule has 2 saturated heterocycles. The summed E-state index contributed by atoms with van der Waals surface area (Å²) in [6.07, 6.45) is 4.42. The Labute approximate surface area is 229 Å². The topological polar surface area (TPSA) is 102 Å². The van der Waals surface area contributed by atoms with E-state index in [1.54, 1.807) is 17.0 Å². The van der Waals surface area contributed by atoms with Crippen LogP contribution < -0.4 is 4.90 Å². The number of rotatable bonds is 6. The standard InChI is InChI=1S/C28H31F2N7O3/c1-17(2)25-33-28(40-34-25)36-7-5-20(6-8-36)37-15-22(30)24-23(31-16-32-26(24)37)14-18-3-4-19(13-21(18)29)27(38)35-9-11-39-12-10-35/h3-4,13,15-17,20H,5-12,14H2,1-2H3. The number of fused-ring (bicyclic) bond motifs is 1. The van der Waals surface area contributed by atoms with Crippen LogP contribution in [0.5, 0.6) is 0 Å². The van der Waals surface area contributed by atoms with Gasteiger partial charge in [0.15, 0.2) is 11.6 Å². The molecule has 0 radical (unpaired) electrons. The number of hydrogen-bond acceptors (Lipinski definition) is 8. The van der Waals surface area contributed by atoms with Gasteiger partial charge in [0.1, 0.15) is 17.8 Å². The van der Waals surface area contributed by atoms with E-state index in [1.807, 2.05) is 23.3 Å². The summed E-state index contributed by atoms with van der Waals surface area (Å²) in [5.41, 5.74) is 1.50. The first-order valence-electron chi connectivity index (χ1n) is 13.6. The molecule has 5 heterocycles. The van der Waals surface area contributed by atoms with E-state index >= 15 is 8.78 Å². The van der Waals surface area contributed by atoms with Crippen LogP contribution in [0.2, 0.25) is 0 Å². The first-order chi connectivity index (χ1) is 19.4. The van der Waals surface area contributed by atoms with Gasteiger partial charge in [0, 0.05) is 56.3 Å². The number of benzene rings is 1. The van der Waals surface area contributed by atoms with Gasteiger partial charge in [-0.25, -0.2) is 18.7 Å². The van der Waals surface area contributed by atoms with E-state index in [0.717, 1.165) is 12.8 Å². The SMILES string of the molecule is CC(C)c1noc(N2CCC(n3cc(F)c4c(Cc5ccc(C(=O)N6CCOCC6)cc5F)ncnc43)CC2)n1. The van der Waals surface area contributed by atoms with E-state index in [4.69, 9.17) is 9.26 Å². The summed E-state index contributed by atoms with van der Waals surface area (Å²) in [5, 5.41) is 4.34. The van der Waals surface area contributed by atoms with Crippen LogP contribution in [0.3, 0.4) is 0 Å². The maximum atomic E-state index is 15.3. The zero-order valence-electron chi connectivity index (χ0n) is 22.5. The highest BCUT2D eigenvalue weighted by Gasteiger charge is 2.28. The Hall–Kier alpha value is -3.93. The average Bonchev–Trinajstić information content (AvgIpc) is 3.60. The monoisotopic (exact) mass is 551 g/mol. The van der Waals surface area contributed by atoms with E-state index < -0.39 is 11.6 Å². The fraction of sp³-hybridized carbons (Fsp3) is 0.464. The van der Waals surface area contributed by atoms with Gasteiger partial charge in [0.05, 0.1) is 24.3 Å². The number of amides is 1. The molecule has 0 bridgehead atoms. The van der Waals surface area contributed by atoms with E-state index in [1.165, 1.54) is 18.6 Å². The second-order valence-electron chi connectivity index (χ2n) is 10.6. The molecule has 0 saturated carbocycles. The summed E-state index contributed by atoms with van der Waals surface area (Å²) in [4.78, 5) is 29.6. The Morgan fingerprint density at radius 3 is 2.55 bits per heavy atom. The lowest BCUT2D eigenvalue weighted by Crippen LogP contribution is -2.40. The molecule has 3 aromatic heterocycles. The Kier molecular flexibility index (Phi) is 7.18. The fourth-order valence-electron chi connectivity index (χ4n) is 5.39. The molecular formula is C28H31F2N7O3. The molecule has 10 nitrogen and oxygen atoms in total. The third kappa shape index (κ3) is 5.03. The Morgan fingerprint density at radius 2 is 1.85 bits per heavy atom. The minimum Gasteiger partial charge on any atom is -0.378 e. The molecule has 40 heavy (non-hydrogen) atoms. The first-order valence-corrected chi connectivity index (χ1v) is 13.6. The van der Waals surface area contributed by atoms with E-state index in [-0.39, 0.29) is 35.2 Å². The number of halogens is 2. The van der Waals surface area contributed by atoms with Crippen LogP contribution in [-0.2, 0) is 11.2 Å². The summed E-state index contributed by atoms with van der Waals surface area (Å²) in [6, 6.07) is 4.96. The number of carbonyl (C=O) groups is 1. The van der Waals surface area contributed by atoms with Crippen LogP contribution in [0.15, 0.2) is 35.2 Å². The van der Waals surface area contributed by atoms with Crippen LogP contribution in [0, 0.1) is 11.6 Å². The maximum Gasteiger partial charge on any atom is 0.324 e. The van der Waals surface area contributed by atoms with Gasteiger partial charge in [0.25, 0.3) is 5.91 Å². The lowest BCUT2D eigenvalue weighted by atomic mass is 10.0. The smallest absolute Gasteiger partial charge is 0.324 e. The normalized spacial score (nSPS) is 16.8. The van der Waals surface area contributed by atoms with Crippen molar-refractivity contribution in [1.29, 1.82) is 0 Å². The third-order valence-electron chi connectivity index (χ3n) is 7.67. The second-order valence-corrected chi connectivity index (χ2v) is 10.6. The molecule has 1 amide bonds. The summed E-state index contributed by atoms with van der Waals surface area (Å²) in [7, 11) is 0. The van der Waals surface area contributed by atoms with Crippen molar-refractivity contribution in [2.24, 2.45) is 0 Å². The van der Waals surface area contributed by atoms with Crippen LogP contribution in [0.1, 0.15) is 66.1 Å². The Balaban J connectivity index is 1.19. The number of piperidine rings is 1. The summed E-state index contributed by atoms with van der Waals surface area (Å²) >= 11 is 0. The number of ether oxygens (including phenoxy) is 1. The molecular weight excluding hydrogens is 520 g/mol. The average molecular weight is 552 g/mol. The molecule has 12 heteroatoms. The zero-order chi connectivity index (χ0) is 27.8. The number of nitrogens with zero attached hydrogens (tertiary/aromatic N) is 7. The number of morpholine rings is 1. The van der Waals surface area contributed by atoms with Crippen molar-refractivity contribution in [3.63, 3.8) is 0 Å². The Bertz CT molecular complexity index is 1520. The molecule has 0 N–H and O–H groups in total. The van der Waals surface area contributed by atoms with Crippen molar-refractivity contribution in [2.45, 2.75) is 45.1 Å². The summed E-state index contributed by atoms with van der Waals surface area (Å²) in [6.45, 7) is 7.29. The lowest BCUT2D eigenvalue weighted by molar-refractivity contribution is 0.0302. The number of carbonyl (C=O) groups excluding carboxylic acids is 1. The van der Waals surface area contributed by atoms with Crippen molar-refractivity contribution >= 4 is 23.0 Å². The molecule has 210 valence electrons. The summed E-state index contributed by atoms with van der Waals surface area (Å²) < 4.78 is 43.0. The molecule has 0 atom stereocenters.